The van der Waals surface area contributed by atoms with Crippen LogP contribution in [0.25, 0.3) is 0 Å². The van der Waals surface area contributed by atoms with Crippen LogP contribution in [0.15, 0.2) is 24.3 Å². The quantitative estimate of drug-likeness (QED) is 0.709. The topological polar surface area (TPSA) is 61.4 Å². The highest BCUT2D eigenvalue weighted by Gasteiger charge is 2.35. The maximum Gasteiger partial charge on any atom is 0.235 e. The lowest BCUT2D eigenvalue weighted by atomic mass is 9.91. The zero-order valence-electron chi connectivity index (χ0n) is 14.3. The highest BCUT2D eigenvalue weighted by molar-refractivity contribution is 6.30. The molecule has 0 bridgehead atoms. The van der Waals surface area contributed by atoms with Crippen molar-refractivity contribution in [1.82, 2.24) is 15.5 Å². The highest BCUT2D eigenvalue weighted by atomic mass is 35.5. The maximum atomic E-state index is 12.2. The third kappa shape index (κ3) is 6.59. The zero-order valence-corrected chi connectivity index (χ0v) is 15.0. The molecule has 0 aliphatic carbocycles. The lowest BCUT2D eigenvalue weighted by Gasteiger charge is -2.23. The van der Waals surface area contributed by atoms with Gasteiger partial charge in [0.1, 0.15) is 5.41 Å². The largest absolute Gasteiger partial charge is 0.355 e. The van der Waals surface area contributed by atoms with E-state index < -0.39 is 5.41 Å². The summed E-state index contributed by atoms with van der Waals surface area (Å²) in [6.45, 7) is 5.01. The number of carbonyl (C=O) groups is 2. The SMILES string of the molecule is CN(C)CCNC(=O)C(C)(C)C(=O)NCCc1ccc(Cl)cc1. The first-order chi connectivity index (χ1) is 10.7. The summed E-state index contributed by atoms with van der Waals surface area (Å²) in [7, 11) is 3.86. The molecule has 0 spiro atoms. The van der Waals surface area contributed by atoms with Gasteiger partial charge in [-0.2, -0.15) is 0 Å². The van der Waals surface area contributed by atoms with Gasteiger partial charge in [-0.1, -0.05) is 23.7 Å². The van der Waals surface area contributed by atoms with Gasteiger partial charge in [0.15, 0.2) is 0 Å². The molecule has 0 saturated heterocycles. The molecular weight excluding hydrogens is 314 g/mol. The van der Waals surface area contributed by atoms with E-state index in [0.717, 1.165) is 12.1 Å². The Hall–Kier alpha value is -1.59. The van der Waals surface area contributed by atoms with Crippen LogP contribution in [-0.4, -0.2) is 50.4 Å². The van der Waals surface area contributed by atoms with E-state index in [2.05, 4.69) is 10.6 Å². The van der Waals surface area contributed by atoms with Crippen molar-refractivity contribution < 1.29 is 9.59 Å². The Morgan fingerprint density at radius 1 is 1.04 bits per heavy atom. The fourth-order valence-electron chi connectivity index (χ4n) is 1.91. The summed E-state index contributed by atoms with van der Waals surface area (Å²) in [6, 6.07) is 7.49. The standard InChI is InChI=1S/C17H26ClN3O2/c1-17(2,16(23)20-11-12-21(3)4)15(22)19-10-9-13-5-7-14(18)8-6-13/h5-8H,9-12H2,1-4H3,(H,19,22)(H,20,23). The van der Waals surface area contributed by atoms with Gasteiger partial charge in [-0.25, -0.2) is 0 Å². The Balaban J connectivity index is 2.41. The van der Waals surface area contributed by atoms with Gasteiger partial charge < -0.3 is 15.5 Å². The van der Waals surface area contributed by atoms with Gasteiger partial charge >= 0.3 is 0 Å². The van der Waals surface area contributed by atoms with Crippen LogP contribution in [-0.2, 0) is 16.0 Å². The van der Waals surface area contributed by atoms with Gasteiger partial charge in [0.2, 0.25) is 11.8 Å². The summed E-state index contributed by atoms with van der Waals surface area (Å²) >= 11 is 5.83. The second-order valence-corrected chi connectivity index (χ2v) is 6.75. The number of rotatable bonds is 8. The lowest BCUT2D eigenvalue weighted by Crippen LogP contribution is -2.49. The fraction of sp³-hybridized carbons (Fsp3) is 0.529. The highest BCUT2D eigenvalue weighted by Crippen LogP contribution is 2.15. The third-order valence-corrected chi connectivity index (χ3v) is 3.84. The second kappa shape index (κ2) is 8.89. The average molecular weight is 340 g/mol. The van der Waals surface area contributed by atoms with E-state index in [4.69, 9.17) is 11.6 Å². The Morgan fingerprint density at radius 2 is 1.57 bits per heavy atom. The van der Waals surface area contributed by atoms with Gasteiger partial charge in [0.05, 0.1) is 0 Å². The molecule has 6 heteroatoms. The molecule has 0 aliphatic rings. The Labute approximate surface area is 143 Å². The molecule has 0 aromatic heterocycles. The molecule has 1 aromatic carbocycles. The molecule has 128 valence electrons. The van der Waals surface area contributed by atoms with Crippen molar-refractivity contribution in [3.8, 4) is 0 Å². The molecule has 0 aliphatic heterocycles. The van der Waals surface area contributed by atoms with Crippen molar-refractivity contribution in [2.45, 2.75) is 20.3 Å². The van der Waals surface area contributed by atoms with E-state index in [1.54, 1.807) is 13.8 Å². The third-order valence-electron chi connectivity index (χ3n) is 3.59. The van der Waals surface area contributed by atoms with E-state index in [1.165, 1.54) is 0 Å². The first-order valence-electron chi connectivity index (χ1n) is 7.69. The fourth-order valence-corrected chi connectivity index (χ4v) is 2.04. The molecule has 0 fully saturated rings. The van der Waals surface area contributed by atoms with Gasteiger partial charge in [0, 0.05) is 24.7 Å². The van der Waals surface area contributed by atoms with E-state index in [9.17, 15) is 9.59 Å². The number of amides is 2. The molecule has 1 rings (SSSR count). The summed E-state index contributed by atoms with van der Waals surface area (Å²) in [5, 5.41) is 6.30. The molecule has 0 atom stereocenters. The van der Waals surface area contributed by atoms with Crippen molar-refractivity contribution in [2.24, 2.45) is 5.41 Å². The van der Waals surface area contributed by atoms with Gasteiger partial charge in [-0.3, -0.25) is 9.59 Å². The summed E-state index contributed by atoms with van der Waals surface area (Å²) in [5.74, 6) is -0.530. The molecular formula is C17H26ClN3O2. The number of nitrogens with one attached hydrogen (secondary N) is 2. The summed E-state index contributed by atoms with van der Waals surface area (Å²) < 4.78 is 0. The summed E-state index contributed by atoms with van der Waals surface area (Å²) in [5.41, 5.74) is -0.00491. The average Bonchev–Trinajstić information content (AvgIpc) is 2.48. The molecule has 0 radical (unpaired) electrons. The van der Waals surface area contributed by atoms with Crippen LogP contribution in [0.2, 0.25) is 5.02 Å². The van der Waals surface area contributed by atoms with Crippen LogP contribution < -0.4 is 10.6 Å². The van der Waals surface area contributed by atoms with Crippen LogP contribution >= 0.6 is 11.6 Å². The predicted molar refractivity (Wildman–Crippen MR) is 93.5 cm³/mol. The van der Waals surface area contributed by atoms with Gasteiger partial charge in [-0.05, 0) is 52.1 Å². The van der Waals surface area contributed by atoms with Crippen LogP contribution in [0, 0.1) is 5.41 Å². The molecule has 0 unspecified atom stereocenters. The van der Waals surface area contributed by atoms with E-state index in [0.29, 0.717) is 24.5 Å². The van der Waals surface area contributed by atoms with Crippen molar-refractivity contribution in [1.29, 1.82) is 0 Å². The number of hydrogen-bond acceptors (Lipinski definition) is 3. The molecule has 1 aromatic rings. The number of nitrogens with zero attached hydrogens (tertiary/aromatic N) is 1. The smallest absolute Gasteiger partial charge is 0.235 e. The molecule has 23 heavy (non-hydrogen) atoms. The van der Waals surface area contributed by atoms with Crippen molar-refractivity contribution in [3.05, 3.63) is 34.9 Å². The van der Waals surface area contributed by atoms with Gasteiger partial charge in [-0.15, -0.1) is 0 Å². The minimum Gasteiger partial charge on any atom is -0.355 e. The van der Waals surface area contributed by atoms with Crippen LogP contribution in [0.5, 0.6) is 0 Å². The maximum absolute atomic E-state index is 12.2. The number of halogens is 1. The number of likely N-dealkylation sites (N-methyl/N-ethyl adjacent to an activating group) is 1. The summed E-state index contributed by atoms with van der Waals surface area (Å²) in [4.78, 5) is 26.4. The second-order valence-electron chi connectivity index (χ2n) is 6.32. The Bertz CT molecular complexity index is 527. The summed E-state index contributed by atoms with van der Waals surface area (Å²) in [6.07, 6.45) is 0.696. The van der Waals surface area contributed by atoms with Crippen LogP contribution in [0.1, 0.15) is 19.4 Å². The van der Waals surface area contributed by atoms with E-state index in [1.807, 2.05) is 43.3 Å². The first kappa shape index (κ1) is 19.5. The van der Waals surface area contributed by atoms with Crippen LogP contribution in [0.4, 0.5) is 0 Å². The first-order valence-corrected chi connectivity index (χ1v) is 8.07. The minimum absolute atomic E-state index is 0.261. The van der Waals surface area contributed by atoms with E-state index in [-0.39, 0.29) is 11.8 Å². The predicted octanol–water partition coefficient (Wildman–Crippen LogP) is 1.70. The monoisotopic (exact) mass is 339 g/mol. The normalized spacial score (nSPS) is 11.4. The van der Waals surface area contributed by atoms with Crippen molar-refractivity contribution >= 4 is 23.4 Å². The van der Waals surface area contributed by atoms with Crippen molar-refractivity contribution in [3.63, 3.8) is 0 Å². The minimum atomic E-state index is -1.09. The molecule has 2 amide bonds. The van der Waals surface area contributed by atoms with Gasteiger partial charge in [0.25, 0.3) is 0 Å². The zero-order chi connectivity index (χ0) is 17.5. The van der Waals surface area contributed by atoms with Crippen molar-refractivity contribution in [2.75, 3.05) is 33.7 Å². The lowest BCUT2D eigenvalue weighted by molar-refractivity contribution is -0.141. The van der Waals surface area contributed by atoms with Crippen LogP contribution in [0.3, 0.4) is 0 Å². The molecule has 0 saturated carbocycles. The molecule has 5 nitrogen and oxygen atoms in total. The number of benzene rings is 1. The Morgan fingerprint density at radius 3 is 2.09 bits per heavy atom. The number of carbonyl (C=O) groups excluding carboxylic acids is 2. The molecule has 2 N–H and O–H groups in total. The number of hydrogen-bond donors (Lipinski definition) is 2. The Kier molecular flexibility index (Phi) is 7.52. The van der Waals surface area contributed by atoms with E-state index >= 15 is 0 Å². The molecule has 0 heterocycles.